The van der Waals surface area contributed by atoms with Gasteiger partial charge in [-0.1, -0.05) is 24.3 Å². The Bertz CT molecular complexity index is 1450. The zero-order valence-corrected chi connectivity index (χ0v) is 19.3. The number of nitrogens with zero attached hydrogens (tertiary/aromatic N) is 3. The van der Waals surface area contributed by atoms with Crippen molar-refractivity contribution < 1.29 is 17.9 Å². The second-order valence-electron chi connectivity index (χ2n) is 8.17. The van der Waals surface area contributed by atoms with E-state index in [2.05, 4.69) is 16.0 Å². The first-order valence-corrected chi connectivity index (χ1v) is 13.1. The molecule has 0 unspecified atom stereocenters. The fourth-order valence-electron chi connectivity index (χ4n) is 4.52. The van der Waals surface area contributed by atoms with Crippen LogP contribution in [0.15, 0.2) is 70.7 Å². The van der Waals surface area contributed by atoms with E-state index in [9.17, 15) is 8.42 Å². The van der Waals surface area contributed by atoms with Crippen LogP contribution >= 0.6 is 11.3 Å². The Morgan fingerprint density at radius 3 is 2.61 bits per heavy atom. The Kier molecular flexibility index (Phi) is 4.95. The van der Waals surface area contributed by atoms with Gasteiger partial charge >= 0.3 is 0 Å². The maximum Gasteiger partial charge on any atom is 0.269 e. The van der Waals surface area contributed by atoms with Gasteiger partial charge in [-0.3, -0.25) is 0 Å². The SMILES string of the molecule is O=S(=O)(c1ccccc1)n1cc(-c2cscn2)c2cc(C3=CCC4(CC3)OCCO4)cnc21. The van der Waals surface area contributed by atoms with Crippen LogP contribution in [0.1, 0.15) is 24.8 Å². The van der Waals surface area contributed by atoms with Crippen molar-refractivity contribution in [2.24, 2.45) is 0 Å². The summed E-state index contributed by atoms with van der Waals surface area (Å²) in [5.74, 6) is -0.486. The zero-order chi connectivity index (χ0) is 22.5. The first-order chi connectivity index (χ1) is 16.1. The Morgan fingerprint density at radius 1 is 1.09 bits per heavy atom. The summed E-state index contributed by atoms with van der Waals surface area (Å²) in [6, 6.07) is 10.4. The van der Waals surface area contributed by atoms with Gasteiger partial charge in [0, 0.05) is 41.6 Å². The smallest absolute Gasteiger partial charge is 0.269 e. The van der Waals surface area contributed by atoms with Crippen LogP contribution in [0.4, 0.5) is 0 Å². The molecule has 1 fully saturated rings. The van der Waals surface area contributed by atoms with Crippen LogP contribution in [0, 0.1) is 0 Å². The predicted molar refractivity (Wildman–Crippen MR) is 126 cm³/mol. The molecule has 0 radical (unpaired) electrons. The van der Waals surface area contributed by atoms with Crippen molar-refractivity contribution in [3.63, 3.8) is 0 Å². The van der Waals surface area contributed by atoms with E-state index in [1.165, 1.54) is 15.3 Å². The van der Waals surface area contributed by atoms with Crippen LogP contribution in [0.3, 0.4) is 0 Å². The topological polar surface area (TPSA) is 83.3 Å². The highest BCUT2D eigenvalue weighted by Gasteiger charge is 2.37. The van der Waals surface area contributed by atoms with E-state index >= 15 is 0 Å². The minimum atomic E-state index is -3.81. The third-order valence-corrected chi connectivity index (χ3v) is 8.49. The van der Waals surface area contributed by atoms with Gasteiger partial charge in [-0.05, 0) is 35.8 Å². The van der Waals surface area contributed by atoms with E-state index in [-0.39, 0.29) is 4.90 Å². The lowest BCUT2D eigenvalue weighted by Gasteiger charge is -2.30. The van der Waals surface area contributed by atoms with Gasteiger partial charge in [0.1, 0.15) is 0 Å². The molecule has 1 spiro atoms. The van der Waals surface area contributed by atoms with Crippen LogP contribution in [-0.4, -0.2) is 41.4 Å². The van der Waals surface area contributed by atoms with E-state index in [1.807, 2.05) is 11.4 Å². The van der Waals surface area contributed by atoms with E-state index < -0.39 is 15.8 Å². The van der Waals surface area contributed by atoms with Gasteiger partial charge < -0.3 is 9.47 Å². The number of hydrogen-bond donors (Lipinski definition) is 0. The van der Waals surface area contributed by atoms with Crippen molar-refractivity contribution in [2.45, 2.75) is 29.9 Å². The highest BCUT2D eigenvalue weighted by Crippen LogP contribution is 2.40. The molecule has 0 saturated carbocycles. The molecule has 0 bridgehead atoms. The largest absolute Gasteiger partial charge is 0.347 e. The summed E-state index contributed by atoms with van der Waals surface area (Å²) in [4.78, 5) is 9.27. The van der Waals surface area contributed by atoms with Crippen molar-refractivity contribution in [1.82, 2.24) is 13.9 Å². The molecule has 1 saturated heterocycles. The number of ether oxygens (including phenoxy) is 2. The van der Waals surface area contributed by atoms with Crippen molar-refractivity contribution >= 4 is 38.0 Å². The lowest BCUT2D eigenvalue weighted by atomic mass is 9.90. The first kappa shape index (κ1) is 20.7. The number of aromatic nitrogens is 3. The lowest BCUT2D eigenvalue weighted by Crippen LogP contribution is -2.31. The van der Waals surface area contributed by atoms with Gasteiger partial charge in [-0.15, -0.1) is 11.3 Å². The normalized spacial score (nSPS) is 18.1. The summed E-state index contributed by atoms with van der Waals surface area (Å²) in [6.07, 6.45) is 7.83. The Balaban J connectivity index is 1.48. The van der Waals surface area contributed by atoms with Gasteiger partial charge in [-0.2, -0.15) is 0 Å². The quantitative estimate of drug-likeness (QED) is 0.422. The Hall–Kier alpha value is -2.85. The first-order valence-electron chi connectivity index (χ1n) is 10.7. The molecule has 6 rings (SSSR count). The molecular weight excluding hydrogens is 458 g/mol. The molecule has 168 valence electrons. The van der Waals surface area contributed by atoms with Crippen LogP contribution in [-0.2, 0) is 19.5 Å². The molecule has 7 nitrogen and oxygen atoms in total. The summed E-state index contributed by atoms with van der Waals surface area (Å²) in [7, 11) is -3.81. The molecule has 0 N–H and O–H groups in total. The van der Waals surface area contributed by atoms with Crippen LogP contribution in [0.25, 0.3) is 27.9 Å². The van der Waals surface area contributed by atoms with E-state index in [0.717, 1.165) is 40.6 Å². The predicted octanol–water partition coefficient (Wildman–Crippen LogP) is 4.71. The maximum atomic E-state index is 13.4. The molecular formula is C24H21N3O4S2. The van der Waals surface area contributed by atoms with Crippen molar-refractivity contribution in [2.75, 3.05) is 13.2 Å². The van der Waals surface area contributed by atoms with Crippen LogP contribution in [0.2, 0.25) is 0 Å². The molecule has 33 heavy (non-hydrogen) atoms. The molecule has 4 aromatic rings. The second kappa shape index (κ2) is 7.88. The summed E-state index contributed by atoms with van der Waals surface area (Å²) in [5, 5.41) is 2.67. The van der Waals surface area contributed by atoms with Crippen LogP contribution in [0.5, 0.6) is 0 Å². The van der Waals surface area contributed by atoms with Gasteiger partial charge in [0.15, 0.2) is 11.4 Å². The van der Waals surface area contributed by atoms with Gasteiger partial charge in [0.2, 0.25) is 0 Å². The Morgan fingerprint density at radius 2 is 1.91 bits per heavy atom. The summed E-state index contributed by atoms with van der Waals surface area (Å²) >= 11 is 1.47. The number of rotatable bonds is 4. The maximum absolute atomic E-state index is 13.4. The molecule has 0 amide bonds. The standard InChI is InChI=1S/C24H21N3O4S2/c28-33(29,19-4-2-1-3-5-19)27-14-21(22-15-32-16-26-22)20-12-18(13-25-23(20)27)17-6-8-24(9-7-17)30-10-11-31-24/h1-6,12-16H,7-11H2. The average molecular weight is 480 g/mol. The molecule has 3 aromatic heterocycles. The fourth-order valence-corrected chi connectivity index (χ4v) is 6.42. The summed E-state index contributed by atoms with van der Waals surface area (Å²) in [5.41, 5.74) is 5.75. The molecule has 1 aliphatic heterocycles. The summed E-state index contributed by atoms with van der Waals surface area (Å²) < 4.78 is 39.8. The number of hydrogen-bond acceptors (Lipinski definition) is 7. The lowest BCUT2D eigenvalue weighted by molar-refractivity contribution is -0.159. The Labute approximate surface area is 195 Å². The molecule has 1 aromatic carbocycles. The molecule has 0 atom stereocenters. The highest BCUT2D eigenvalue weighted by atomic mass is 32.2. The minimum Gasteiger partial charge on any atom is -0.347 e. The van der Waals surface area contributed by atoms with Gasteiger partial charge in [0.25, 0.3) is 10.0 Å². The third kappa shape index (κ3) is 3.52. The number of fused-ring (bicyclic) bond motifs is 1. The highest BCUT2D eigenvalue weighted by molar-refractivity contribution is 7.90. The monoisotopic (exact) mass is 479 g/mol. The number of benzene rings is 1. The van der Waals surface area contributed by atoms with Crippen molar-refractivity contribution in [1.29, 1.82) is 0 Å². The number of pyridine rings is 1. The molecule has 4 heterocycles. The van der Waals surface area contributed by atoms with E-state index in [0.29, 0.717) is 25.3 Å². The van der Waals surface area contributed by atoms with Gasteiger partial charge in [0.05, 0.1) is 29.3 Å². The number of thiazole rings is 1. The molecule has 2 aliphatic rings. The van der Waals surface area contributed by atoms with Crippen molar-refractivity contribution in [3.8, 4) is 11.3 Å². The van der Waals surface area contributed by atoms with Crippen LogP contribution < -0.4 is 0 Å². The zero-order valence-electron chi connectivity index (χ0n) is 17.7. The molecule has 9 heteroatoms. The molecule has 1 aliphatic carbocycles. The number of allylic oxidation sites excluding steroid dienone is 1. The van der Waals surface area contributed by atoms with E-state index in [1.54, 1.807) is 48.2 Å². The summed E-state index contributed by atoms with van der Waals surface area (Å²) in [6.45, 7) is 1.27. The minimum absolute atomic E-state index is 0.217. The van der Waals surface area contributed by atoms with Crippen molar-refractivity contribution in [3.05, 3.63) is 71.3 Å². The van der Waals surface area contributed by atoms with E-state index in [4.69, 9.17) is 9.47 Å². The third-order valence-electron chi connectivity index (χ3n) is 6.24. The average Bonchev–Trinajstić information content (AvgIpc) is 3.60. The van der Waals surface area contributed by atoms with Gasteiger partial charge in [-0.25, -0.2) is 22.4 Å². The fraction of sp³-hybridized carbons (Fsp3) is 0.250. The second-order valence-corrected chi connectivity index (χ2v) is 10.7.